The Kier molecular flexibility index (Phi) is 5.61. The lowest BCUT2D eigenvalue weighted by atomic mass is 10.0. The lowest BCUT2D eigenvalue weighted by Gasteiger charge is -2.12. The molecular weight excluding hydrogens is 328 g/mol. The van der Waals surface area contributed by atoms with Gasteiger partial charge in [-0.15, -0.1) is 11.3 Å². The molecule has 3 aromatic rings. The predicted octanol–water partition coefficient (Wildman–Crippen LogP) is 4.93. The highest BCUT2D eigenvalue weighted by Crippen LogP contribution is 2.28. The van der Waals surface area contributed by atoms with E-state index in [0.717, 1.165) is 34.7 Å². The van der Waals surface area contributed by atoms with Gasteiger partial charge in [-0.25, -0.2) is 4.98 Å². The highest BCUT2D eigenvalue weighted by molar-refractivity contribution is 7.13. The van der Waals surface area contributed by atoms with E-state index in [9.17, 15) is 4.79 Å². The summed E-state index contributed by atoms with van der Waals surface area (Å²) >= 11 is 1.67. The summed E-state index contributed by atoms with van der Waals surface area (Å²) in [6.45, 7) is 3.60. The summed E-state index contributed by atoms with van der Waals surface area (Å²) < 4.78 is 0. The van der Waals surface area contributed by atoms with Gasteiger partial charge in [0.05, 0.1) is 5.69 Å². The summed E-state index contributed by atoms with van der Waals surface area (Å²) in [4.78, 5) is 15.8. The molecule has 0 fully saturated rings. The second kappa shape index (κ2) is 8.08. The highest BCUT2D eigenvalue weighted by Gasteiger charge is 2.07. The van der Waals surface area contributed by atoms with Gasteiger partial charge in [-0.1, -0.05) is 54.6 Å². The van der Waals surface area contributed by atoms with E-state index < -0.39 is 0 Å². The summed E-state index contributed by atoms with van der Waals surface area (Å²) in [6, 6.07) is 19.0. The number of aromatic nitrogens is 1. The van der Waals surface area contributed by atoms with Crippen molar-refractivity contribution >= 4 is 17.2 Å². The van der Waals surface area contributed by atoms with Crippen LogP contribution in [0, 0.1) is 0 Å². The first-order valence-corrected chi connectivity index (χ1v) is 9.37. The van der Waals surface area contributed by atoms with Gasteiger partial charge < -0.3 is 5.32 Å². The van der Waals surface area contributed by atoms with E-state index >= 15 is 0 Å². The number of nitrogens with one attached hydrogen (secondary N) is 1. The molecule has 0 aliphatic heterocycles. The summed E-state index contributed by atoms with van der Waals surface area (Å²) in [5, 5.41) is 6.07. The van der Waals surface area contributed by atoms with Crippen molar-refractivity contribution in [1.82, 2.24) is 10.3 Å². The van der Waals surface area contributed by atoms with E-state index in [4.69, 9.17) is 4.98 Å². The fourth-order valence-electron chi connectivity index (χ4n) is 2.76. The fraction of sp³-hybridized carbons (Fsp3) is 0.238. The van der Waals surface area contributed by atoms with Crippen LogP contribution in [0.3, 0.4) is 0 Å². The largest absolute Gasteiger partial charge is 0.354 e. The first kappa shape index (κ1) is 17.4. The number of thiazole rings is 1. The Labute approximate surface area is 152 Å². The zero-order valence-electron chi connectivity index (χ0n) is 14.5. The smallest absolute Gasteiger partial charge is 0.217 e. The van der Waals surface area contributed by atoms with E-state index in [1.165, 1.54) is 5.56 Å². The van der Waals surface area contributed by atoms with Crippen LogP contribution in [0.4, 0.5) is 0 Å². The molecule has 1 heterocycles. The molecule has 0 saturated heterocycles. The Hall–Kier alpha value is -2.46. The van der Waals surface area contributed by atoms with E-state index in [1.54, 1.807) is 18.3 Å². The molecule has 1 atom stereocenters. The van der Waals surface area contributed by atoms with Crippen LogP contribution in [0.25, 0.3) is 21.8 Å². The number of nitrogens with zero attached hydrogens (tertiary/aromatic N) is 1. The topological polar surface area (TPSA) is 42.0 Å². The summed E-state index contributed by atoms with van der Waals surface area (Å²) in [6.07, 6.45) is 1.89. The molecular formula is C21H22N2OS. The van der Waals surface area contributed by atoms with Crippen LogP contribution in [-0.4, -0.2) is 16.9 Å². The van der Waals surface area contributed by atoms with Crippen molar-refractivity contribution < 1.29 is 4.79 Å². The maximum atomic E-state index is 11.1. The van der Waals surface area contributed by atoms with Gasteiger partial charge in [0.25, 0.3) is 0 Å². The van der Waals surface area contributed by atoms with Crippen molar-refractivity contribution in [3.05, 3.63) is 65.5 Å². The quantitative estimate of drug-likeness (QED) is 0.684. The van der Waals surface area contributed by atoms with Crippen LogP contribution >= 0.6 is 11.3 Å². The summed E-state index contributed by atoms with van der Waals surface area (Å²) in [5.74, 6) is 0.0283. The van der Waals surface area contributed by atoms with Gasteiger partial charge in [-0.3, -0.25) is 4.79 Å². The molecule has 0 bridgehead atoms. The van der Waals surface area contributed by atoms with E-state index in [0.29, 0.717) is 0 Å². The molecule has 2 aromatic carbocycles. The number of aryl methyl sites for hydroxylation is 1. The molecule has 0 unspecified atom stereocenters. The highest BCUT2D eigenvalue weighted by atomic mass is 32.1. The Morgan fingerprint density at radius 3 is 2.48 bits per heavy atom. The number of rotatable bonds is 6. The molecule has 0 aliphatic carbocycles. The Bertz CT molecular complexity index is 825. The van der Waals surface area contributed by atoms with Gasteiger partial charge in [0.15, 0.2) is 0 Å². The number of amides is 1. The number of hydrogen-bond acceptors (Lipinski definition) is 3. The van der Waals surface area contributed by atoms with Crippen LogP contribution in [-0.2, 0) is 11.2 Å². The fourth-order valence-corrected chi connectivity index (χ4v) is 3.60. The van der Waals surface area contributed by atoms with Crippen molar-refractivity contribution in [2.75, 3.05) is 0 Å². The van der Waals surface area contributed by atoms with E-state index in [-0.39, 0.29) is 11.9 Å². The normalized spacial score (nSPS) is 11.9. The lowest BCUT2D eigenvalue weighted by Crippen LogP contribution is -2.30. The van der Waals surface area contributed by atoms with Gasteiger partial charge in [-0.05, 0) is 25.3 Å². The molecule has 0 radical (unpaired) electrons. The maximum Gasteiger partial charge on any atom is 0.217 e. The number of benzene rings is 2. The van der Waals surface area contributed by atoms with E-state index in [1.807, 2.05) is 25.1 Å². The molecule has 1 amide bonds. The minimum Gasteiger partial charge on any atom is -0.354 e. The van der Waals surface area contributed by atoms with Crippen molar-refractivity contribution in [3.63, 3.8) is 0 Å². The molecule has 25 heavy (non-hydrogen) atoms. The van der Waals surface area contributed by atoms with Gasteiger partial charge in [0.1, 0.15) is 5.01 Å². The first-order chi connectivity index (χ1) is 12.1. The second-order valence-electron chi connectivity index (χ2n) is 6.24. The predicted molar refractivity (Wildman–Crippen MR) is 105 cm³/mol. The van der Waals surface area contributed by atoms with Crippen molar-refractivity contribution in [3.8, 4) is 21.8 Å². The SMILES string of the molecule is CC(=O)N[C@H](C)CCc1ccc(-c2csc(-c3ccccc3)n2)cc1. The van der Waals surface area contributed by atoms with Crippen LogP contribution in [0.1, 0.15) is 25.8 Å². The molecule has 0 aliphatic rings. The van der Waals surface area contributed by atoms with Crippen molar-refractivity contribution in [2.45, 2.75) is 32.7 Å². The van der Waals surface area contributed by atoms with Gasteiger partial charge >= 0.3 is 0 Å². The molecule has 0 saturated carbocycles. The Morgan fingerprint density at radius 1 is 1.08 bits per heavy atom. The third-order valence-electron chi connectivity index (χ3n) is 4.09. The standard InChI is InChI=1S/C21H22N2OS/c1-15(22-16(2)24)8-9-17-10-12-18(13-11-17)20-14-25-21(23-20)19-6-4-3-5-7-19/h3-7,10-15H,8-9H2,1-2H3,(H,22,24)/t15-/m1/s1. The Balaban J connectivity index is 1.65. The zero-order chi connectivity index (χ0) is 17.6. The van der Waals surface area contributed by atoms with Gasteiger partial charge in [0.2, 0.25) is 5.91 Å². The molecule has 4 heteroatoms. The second-order valence-corrected chi connectivity index (χ2v) is 7.10. The first-order valence-electron chi connectivity index (χ1n) is 8.49. The third-order valence-corrected chi connectivity index (χ3v) is 4.98. The molecule has 1 aromatic heterocycles. The van der Waals surface area contributed by atoms with Crippen LogP contribution in [0.15, 0.2) is 60.0 Å². The van der Waals surface area contributed by atoms with Crippen molar-refractivity contribution in [1.29, 1.82) is 0 Å². The monoisotopic (exact) mass is 350 g/mol. The zero-order valence-corrected chi connectivity index (χ0v) is 15.3. The third kappa shape index (κ3) is 4.77. The molecule has 3 nitrogen and oxygen atoms in total. The number of carbonyl (C=O) groups excluding carboxylic acids is 1. The number of hydrogen-bond donors (Lipinski definition) is 1. The molecule has 128 valence electrons. The van der Waals surface area contributed by atoms with Crippen molar-refractivity contribution in [2.24, 2.45) is 0 Å². The lowest BCUT2D eigenvalue weighted by molar-refractivity contribution is -0.119. The minimum absolute atomic E-state index is 0.0283. The minimum atomic E-state index is 0.0283. The van der Waals surface area contributed by atoms with Gasteiger partial charge in [-0.2, -0.15) is 0 Å². The Morgan fingerprint density at radius 2 is 1.80 bits per heavy atom. The molecule has 1 N–H and O–H groups in total. The summed E-state index contributed by atoms with van der Waals surface area (Å²) in [5.41, 5.74) is 4.58. The van der Waals surface area contributed by atoms with Crippen LogP contribution in [0.5, 0.6) is 0 Å². The average molecular weight is 350 g/mol. The van der Waals surface area contributed by atoms with Crippen LogP contribution in [0.2, 0.25) is 0 Å². The summed E-state index contributed by atoms with van der Waals surface area (Å²) in [7, 11) is 0. The molecule has 3 rings (SSSR count). The molecule has 0 spiro atoms. The number of carbonyl (C=O) groups is 1. The average Bonchev–Trinajstić information content (AvgIpc) is 3.11. The van der Waals surface area contributed by atoms with Gasteiger partial charge in [0, 0.05) is 29.5 Å². The maximum absolute atomic E-state index is 11.1. The van der Waals surface area contributed by atoms with E-state index in [2.05, 4.69) is 47.1 Å². The van der Waals surface area contributed by atoms with Crippen LogP contribution < -0.4 is 5.32 Å².